The fourth-order valence-corrected chi connectivity index (χ4v) is 3.04. The highest BCUT2D eigenvalue weighted by atomic mass is 32.1. The number of hydrogen-bond acceptors (Lipinski definition) is 5. The van der Waals surface area contributed by atoms with Crippen LogP contribution >= 0.6 is 11.3 Å². The molecule has 0 spiro atoms. The van der Waals surface area contributed by atoms with E-state index in [-0.39, 0.29) is 11.9 Å². The van der Waals surface area contributed by atoms with Crippen molar-refractivity contribution >= 4 is 23.1 Å². The zero-order valence-corrected chi connectivity index (χ0v) is 14.2. The lowest BCUT2D eigenvalue weighted by atomic mass is 10.2. The van der Waals surface area contributed by atoms with E-state index in [1.165, 1.54) is 4.88 Å². The summed E-state index contributed by atoms with van der Waals surface area (Å²) in [6.07, 6.45) is 1.66. The molecule has 0 saturated heterocycles. The van der Waals surface area contributed by atoms with Crippen LogP contribution in [0.5, 0.6) is 0 Å². The first-order valence-electron chi connectivity index (χ1n) is 7.10. The topological polar surface area (TPSA) is 48.5 Å². The largest absolute Gasteiger partial charge is 0.363 e. The third kappa shape index (κ3) is 4.05. The van der Waals surface area contributed by atoms with Gasteiger partial charge in [-0.1, -0.05) is 6.07 Å². The normalized spacial score (nSPS) is 12.2. The molecule has 5 nitrogen and oxygen atoms in total. The fraction of sp³-hybridized carbons (Fsp3) is 0.375. The number of likely N-dealkylation sites (N-methyl/N-ethyl adjacent to an activating group) is 1. The van der Waals surface area contributed by atoms with Crippen LogP contribution in [0.25, 0.3) is 0 Å². The highest BCUT2D eigenvalue weighted by molar-refractivity contribution is 7.10. The maximum absolute atomic E-state index is 12.3. The lowest BCUT2D eigenvalue weighted by molar-refractivity contribution is 0.0942. The van der Waals surface area contributed by atoms with Gasteiger partial charge in [-0.3, -0.25) is 4.79 Å². The number of nitrogens with zero attached hydrogens (tertiary/aromatic N) is 3. The van der Waals surface area contributed by atoms with Crippen LogP contribution in [0, 0.1) is 0 Å². The monoisotopic (exact) mass is 318 g/mol. The molecule has 2 aromatic rings. The fourth-order valence-electron chi connectivity index (χ4n) is 2.11. The highest BCUT2D eigenvalue weighted by Gasteiger charge is 2.17. The molecule has 2 rings (SSSR count). The van der Waals surface area contributed by atoms with E-state index in [4.69, 9.17) is 0 Å². The number of anilines is 1. The van der Waals surface area contributed by atoms with Crippen molar-refractivity contribution in [3.8, 4) is 0 Å². The Morgan fingerprint density at radius 1 is 1.32 bits per heavy atom. The van der Waals surface area contributed by atoms with Gasteiger partial charge in [-0.2, -0.15) is 0 Å². The predicted molar refractivity (Wildman–Crippen MR) is 91.6 cm³/mol. The van der Waals surface area contributed by atoms with E-state index in [9.17, 15) is 4.79 Å². The molecule has 0 radical (unpaired) electrons. The summed E-state index contributed by atoms with van der Waals surface area (Å²) in [4.78, 5) is 21.8. The van der Waals surface area contributed by atoms with Crippen molar-refractivity contribution in [3.63, 3.8) is 0 Å². The van der Waals surface area contributed by atoms with E-state index in [1.807, 2.05) is 39.2 Å². The molecule has 118 valence electrons. The highest BCUT2D eigenvalue weighted by Crippen LogP contribution is 2.22. The second kappa shape index (κ2) is 7.38. The van der Waals surface area contributed by atoms with Gasteiger partial charge >= 0.3 is 0 Å². The van der Waals surface area contributed by atoms with E-state index in [1.54, 1.807) is 29.7 Å². The van der Waals surface area contributed by atoms with Crippen molar-refractivity contribution in [2.24, 2.45) is 0 Å². The second-order valence-corrected chi connectivity index (χ2v) is 6.48. The Morgan fingerprint density at radius 3 is 2.68 bits per heavy atom. The Morgan fingerprint density at radius 2 is 2.09 bits per heavy atom. The minimum atomic E-state index is -0.0751. The van der Waals surface area contributed by atoms with E-state index in [0.29, 0.717) is 12.1 Å². The average Bonchev–Trinajstić information content (AvgIpc) is 3.01. The molecular formula is C16H22N4OS. The summed E-state index contributed by atoms with van der Waals surface area (Å²) in [5.41, 5.74) is 0.627. The van der Waals surface area contributed by atoms with Crippen molar-refractivity contribution in [2.75, 3.05) is 39.6 Å². The molecular weight excluding hydrogens is 296 g/mol. The van der Waals surface area contributed by atoms with Crippen LogP contribution in [-0.4, -0.2) is 50.5 Å². The standard InChI is InChI=1S/C16H22N4OS/c1-19(2)13(14-6-5-9-22-14)11-18-16(21)12-7-8-17-15(10-12)20(3)4/h5-10,13H,11H2,1-4H3,(H,18,21)/t13-/m0/s1. The van der Waals surface area contributed by atoms with Gasteiger partial charge in [0.15, 0.2) is 0 Å². The molecule has 1 atom stereocenters. The number of aromatic nitrogens is 1. The van der Waals surface area contributed by atoms with Crippen LogP contribution < -0.4 is 10.2 Å². The van der Waals surface area contributed by atoms with Crippen LogP contribution in [-0.2, 0) is 0 Å². The summed E-state index contributed by atoms with van der Waals surface area (Å²) in [6.45, 7) is 0.575. The van der Waals surface area contributed by atoms with Crippen LogP contribution in [0.3, 0.4) is 0 Å². The van der Waals surface area contributed by atoms with Crippen molar-refractivity contribution in [2.45, 2.75) is 6.04 Å². The number of nitrogens with one attached hydrogen (secondary N) is 1. The lowest BCUT2D eigenvalue weighted by Crippen LogP contribution is -2.34. The van der Waals surface area contributed by atoms with Gasteiger partial charge in [0.25, 0.3) is 5.91 Å². The summed E-state index contributed by atoms with van der Waals surface area (Å²) in [5.74, 6) is 0.698. The SMILES string of the molecule is CN(C)c1cc(C(=O)NC[C@@H](c2cccs2)N(C)C)ccn1. The first-order chi connectivity index (χ1) is 10.5. The molecule has 1 amide bonds. The van der Waals surface area contributed by atoms with Gasteiger partial charge in [-0.25, -0.2) is 4.98 Å². The van der Waals surface area contributed by atoms with E-state index < -0.39 is 0 Å². The molecule has 0 fully saturated rings. The van der Waals surface area contributed by atoms with Gasteiger partial charge in [0.2, 0.25) is 0 Å². The molecule has 6 heteroatoms. The van der Waals surface area contributed by atoms with Crippen molar-refractivity contribution in [3.05, 3.63) is 46.3 Å². The minimum absolute atomic E-state index is 0.0751. The van der Waals surface area contributed by atoms with Gasteiger partial charge in [0, 0.05) is 37.3 Å². The molecule has 1 N–H and O–H groups in total. The van der Waals surface area contributed by atoms with Crippen LogP contribution in [0.4, 0.5) is 5.82 Å². The number of pyridine rings is 1. The van der Waals surface area contributed by atoms with E-state index >= 15 is 0 Å². The molecule has 2 heterocycles. The van der Waals surface area contributed by atoms with E-state index in [0.717, 1.165) is 5.82 Å². The third-order valence-electron chi connectivity index (χ3n) is 3.42. The summed E-state index contributed by atoms with van der Waals surface area (Å²) in [7, 11) is 7.85. The molecule has 0 aliphatic heterocycles. The molecule has 0 aromatic carbocycles. The van der Waals surface area contributed by atoms with Crippen molar-refractivity contribution in [1.29, 1.82) is 0 Å². The van der Waals surface area contributed by atoms with Gasteiger partial charge in [-0.15, -0.1) is 11.3 Å². The zero-order valence-electron chi connectivity index (χ0n) is 13.4. The maximum Gasteiger partial charge on any atom is 0.251 e. The van der Waals surface area contributed by atoms with Crippen LogP contribution in [0.1, 0.15) is 21.3 Å². The number of rotatable bonds is 6. The molecule has 0 bridgehead atoms. The Kier molecular flexibility index (Phi) is 5.51. The minimum Gasteiger partial charge on any atom is -0.363 e. The Labute approximate surface area is 135 Å². The summed E-state index contributed by atoms with van der Waals surface area (Å²) >= 11 is 1.70. The van der Waals surface area contributed by atoms with Crippen molar-refractivity contribution < 1.29 is 4.79 Å². The summed E-state index contributed by atoms with van der Waals surface area (Å²) in [6, 6.07) is 7.84. The molecule has 0 saturated carbocycles. The third-order valence-corrected chi connectivity index (χ3v) is 4.39. The predicted octanol–water partition coefficient (Wildman–Crippen LogP) is 2.24. The van der Waals surface area contributed by atoms with E-state index in [2.05, 4.69) is 26.6 Å². The van der Waals surface area contributed by atoms with Crippen LogP contribution in [0.15, 0.2) is 35.8 Å². The average molecular weight is 318 g/mol. The van der Waals surface area contributed by atoms with Gasteiger partial charge in [0.1, 0.15) is 5.82 Å². The number of thiophene rings is 1. The molecule has 0 aliphatic rings. The van der Waals surface area contributed by atoms with Gasteiger partial charge in [0.05, 0.1) is 6.04 Å². The summed E-state index contributed by atoms with van der Waals surface area (Å²) < 4.78 is 0. The number of carbonyl (C=O) groups excluding carboxylic acids is 1. The number of carbonyl (C=O) groups is 1. The Balaban J connectivity index is 2.04. The van der Waals surface area contributed by atoms with Crippen LogP contribution in [0.2, 0.25) is 0 Å². The van der Waals surface area contributed by atoms with Gasteiger partial charge in [-0.05, 0) is 37.7 Å². The quantitative estimate of drug-likeness (QED) is 0.887. The second-order valence-electron chi connectivity index (χ2n) is 5.50. The smallest absolute Gasteiger partial charge is 0.251 e. The first kappa shape index (κ1) is 16.5. The van der Waals surface area contributed by atoms with Crippen molar-refractivity contribution in [1.82, 2.24) is 15.2 Å². The molecule has 22 heavy (non-hydrogen) atoms. The molecule has 0 unspecified atom stereocenters. The van der Waals surface area contributed by atoms with Gasteiger partial charge < -0.3 is 15.1 Å². The summed E-state index contributed by atoms with van der Waals surface area (Å²) in [5, 5.41) is 5.07. The molecule has 2 aromatic heterocycles. The number of hydrogen-bond donors (Lipinski definition) is 1. The zero-order chi connectivity index (χ0) is 16.1. The Bertz CT molecular complexity index is 610. The maximum atomic E-state index is 12.3. The Hall–Kier alpha value is -1.92. The first-order valence-corrected chi connectivity index (χ1v) is 7.98. The molecule has 0 aliphatic carbocycles. The lowest BCUT2D eigenvalue weighted by Gasteiger charge is -2.23. The number of amides is 1.